The summed E-state index contributed by atoms with van der Waals surface area (Å²) < 4.78 is 22.9. The van der Waals surface area contributed by atoms with Crippen LogP contribution in [-0.4, -0.2) is 37.1 Å². The number of benzene rings is 4. The first-order chi connectivity index (χ1) is 22.2. The molecule has 3 heterocycles. The molecule has 2 N–H and O–H groups in total. The standard InChI is InChI=1S/C39H36N2O5/c1-39(2,3)32-16-23(15-24-17-35(46-38(24)32)37(42)22-7-9-25(43-4)10-8-22)36(30-20-40-33-13-11-26(44-5)18-28(30)33)31-21-41-34-14-12-27(45-6)19-29(31)34/h7-21,36,40-41H,1-6H3. The van der Waals surface area contributed by atoms with E-state index in [1.54, 1.807) is 45.6 Å². The molecule has 232 valence electrons. The van der Waals surface area contributed by atoms with Crippen molar-refractivity contribution in [2.75, 3.05) is 21.3 Å². The second kappa shape index (κ2) is 11.2. The Hall–Kier alpha value is -5.43. The number of hydrogen-bond acceptors (Lipinski definition) is 5. The van der Waals surface area contributed by atoms with E-state index in [2.05, 4.69) is 67.4 Å². The first-order valence-corrected chi connectivity index (χ1v) is 15.2. The van der Waals surface area contributed by atoms with Gasteiger partial charge in [0.1, 0.15) is 22.8 Å². The molecule has 0 saturated carbocycles. The van der Waals surface area contributed by atoms with Gasteiger partial charge in [0.15, 0.2) is 5.76 Å². The number of carbonyl (C=O) groups excluding carboxylic acids is 1. The fourth-order valence-corrected chi connectivity index (χ4v) is 6.40. The first kappa shape index (κ1) is 29.3. The molecule has 0 spiro atoms. The summed E-state index contributed by atoms with van der Waals surface area (Å²) in [5.41, 5.74) is 7.33. The monoisotopic (exact) mass is 612 g/mol. The van der Waals surface area contributed by atoms with E-state index in [-0.39, 0.29) is 17.1 Å². The highest BCUT2D eigenvalue weighted by Crippen LogP contribution is 2.44. The molecule has 7 nitrogen and oxygen atoms in total. The number of methoxy groups -OCH3 is 3. The maximum absolute atomic E-state index is 13.6. The normalized spacial score (nSPS) is 12.0. The second-order valence-electron chi connectivity index (χ2n) is 12.6. The van der Waals surface area contributed by atoms with Crippen molar-refractivity contribution in [3.63, 3.8) is 0 Å². The molecule has 3 aromatic heterocycles. The smallest absolute Gasteiger partial charge is 0.228 e. The zero-order chi connectivity index (χ0) is 32.2. The predicted octanol–water partition coefficient (Wildman–Crippen LogP) is 9.13. The van der Waals surface area contributed by atoms with E-state index in [0.717, 1.165) is 60.9 Å². The Labute approximate surface area is 267 Å². The van der Waals surface area contributed by atoms with E-state index < -0.39 is 0 Å². The van der Waals surface area contributed by atoms with Crippen molar-refractivity contribution in [1.82, 2.24) is 9.97 Å². The molecule has 0 atom stereocenters. The minimum atomic E-state index is -0.274. The number of aromatic amines is 2. The minimum Gasteiger partial charge on any atom is -0.497 e. The van der Waals surface area contributed by atoms with Crippen molar-refractivity contribution in [1.29, 1.82) is 0 Å². The predicted molar refractivity (Wildman–Crippen MR) is 182 cm³/mol. The summed E-state index contributed by atoms with van der Waals surface area (Å²) in [5, 5.41) is 3.02. The number of aromatic nitrogens is 2. The number of nitrogens with one attached hydrogen (secondary N) is 2. The number of ketones is 1. The van der Waals surface area contributed by atoms with Gasteiger partial charge in [-0.1, -0.05) is 26.8 Å². The van der Waals surface area contributed by atoms with Crippen LogP contribution in [0.5, 0.6) is 17.2 Å². The molecule has 46 heavy (non-hydrogen) atoms. The van der Waals surface area contributed by atoms with Gasteiger partial charge in [-0.3, -0.25) is 4.79 Å². The third kappa shape index (κ3) is 4.98. The molecule has 0 amide bonds. The van der Waals surface area contributed by atoms with Gasteiger partial charge in [-0.25, -0.2) is 0 Å². The average Bonchev–Trinajstić information content (AvgIpc) is 3.80. The molecule has 0 unspecified atom stereocenters. The van der Waals surface area contributed by atoms with Crippen molar-refractivity contribution < 1.29 is 23.4 Å². The number of furan rings is 1. The third-order valence-corrected chi connectivity index (χ3v) is 8.82. The molecule has 4 aromatic carbocycles. The number of ether oxygens (including phenoxy) is 3. The summed E-state index contributed by atoms with van der Waals surface area (Å²) >= 11 is 0. The molecule has 0 radical (unpaired) electrons. The Kier molecular flexibility index (Phi) is 7.12. The average molecular weight is 613 g/mol. The molecule has 0 aliphatic rings. The van der Waals surface area contributed by atoms with E-state index in [1.807, 2.05) is 30.3 Å². The number of carbonyl (C=O) groups is 1. The van der Waals surface area contributed by atoms with Crippen LogP contribution in [0.25, 0.3) is 32.8 Å². The van der Waals surface area contributed by atoms with Crippen LogP contribution in [0.1, 0.15) is 65.1 Å². The Morgan fingerprint density at radius 2 is 1.24 bits per heavy atom. The van der Waals surface area contributed by atoms with Gasteiger partial charge in [0.25, 0.3) is 0 Å². The van der Waals surface area contributed by atoms with E-state index in [0.29, 0.717) is 22.7 Å². The quantitative estimate of drug-likeness (QED) is 0.167. The number of H-pyrrole nitrogens is 2. The van der Waals surface area contributed by atoms with Crippen molar-refractivity contribution >= 4 is 38.6 Å². The third-order valence-electron chi connectivity index (χ3n) is 8.82. The van der Waals surface area contributed by atoms with Gasteiger partial charge in [-0.15, -0.1) is 0 Å². The van der Waals surface area contributed by atoms with Crippen LogP contribution in [-0.2, 0) is 5.41 Å². The maximum Gasteiger partial charge on any atom is 0.228 e. The second-order valence-corrected chi connectivity index (χ2v) is 12.6. The lowest BCUT2D eigenvalue weighted by Crippen LogP contribution is -2.13. The van der Waals surface area contributed by atoms with Crippen molar-refractivity contribution in [3.8, 4) is 17.2 Å². The minimum absolute atomic E-state index is 0.177. The summed E-state index contributed by atoms with van der Waals surface area (Å²) in [6, 6.07) is 25.5. The maximum atomic E-state index is 13.6. The Morgan fingerprint density at radius 3 is 1.76 bits per heavy atom. The lowest BCUT2D eigenvalue weighted by Gasteiger charge is -2.24. The SMILES string of the molecule is COc1ccc(C(=O)c2cc3cc(C(c4c[nH]c5ccc(OC)cc45)c4c[nH]c5ccc(OC)cc45)cc(C(C)(C)C)c3o2)cc1. The van der Waals surface area contributed by atoms with E-state index in [4.69, 9.17) is 18.6 Å². The van der Waals surface area contributed by atoms with Crippen LogP contribution in [0.4, 0.5) is 0 Å². The highest BCUT2D eigenvalue weighted by atomic mass is 16.5. The van der Waals surface area contributed by atoms with E-state index in [1.165, 1.54) is 0 Å². The lowest BCUT2D eigenvalue weighted by atomic mass is 9.79. The van der Waals surface area contributed by atoms with Gasteiger partial charge in [0, 0.05) is 56.6 Å². The molecule has 0 saturated heterocycles. The van der Waals surface area contributed by atoms with Crippen molar-refractivity contribution in [3.05, 3.63) is 125 Å². The molecule has 0 bridgehead atoms. The molecular formula is C39H36N2O5. The van der Waals surface area contributed by atoms with Gasteiger partial charge in [0.05, 0.1) is 21.3 Å². The zero-order valence-electron chi connectivity index (χ0n) is 26.8. The Balaban J connectivity index is 1.47. The molecular weight excluding hydrogens is 576 g/mol. The van der Waals surface area contributed by atoms with Gasteiger partial charge in [-0.2, -0.15) is 0 Å². The highest BCUT2D eigenvalue weighted by molar-refractivity contribution is 6.09. The topological polar surface area (TPSA) is 89.5 Å². The summed E-state index contributed by atoms with van der Waals surface area (Å²) in [7, 11) is 4.98. The molecule has 0 aliphatic carbocycles. The largest absolute Gasteiger partial charge is 0.497 e. The van der Waals surface area contributed by atoms with Crippen LogP contribution in [0.15, 0.2) is 95.7 Å². The Morgan fingerprint density at radius 1 is 0.696 bits per heavy atom. The van der Waals surface area contributed by atoms with Crippen LogP contribution >= 0.6 is 0 Å². The Bertz CT molecular complexity index is 2150. The number of hydrogen-bond donors (Lipinski definition) is 2. The molecule has 7 aromatic rings. The number of rotatable bonds is 8. The number of fused-ring (bicyclic) bond motifs is 3. The van der Waals surface area contributed by atoms with Crippen LogP contribution in [0.3, 0.4) is 0 Å². The van der Waals surface area contributed by atoms with Gasteiger partial charge >= 0.3 is 0 Å². The van der Waals surface area contributed by atoms with Crippen molar-refractivity contribution in [2.24, 2.45) is 0 Å². The fourth-order valence-electron chi connectivity index (χ4n) is 6.40. The van der Waals surface area contributed by atoms with Crippen LogP contribution in [0, 0.1) is 0 Å². The van der Waals surface area contributed by atoms with Gasteiger partial charge < -0.3 is 28.6 Å². The van der Waals surface area contributed by atoms with Crippen LogP contribution in [0.2, 0.25) is 0 Å². The molecule has 7 rings (SSSR count). The summed E-state index contributed by atoms with van der Waals surface area (Å²) in [6.07, 6.45) is 4.17. The fraction of sp³-hybridized carbons (Fsp3) is 0.205. The first-order valence-electron chi connectivity index (χ1n) is 15.2. The molecule has 0 fully saturated rings. The van der Waals surface area contributed by atoms with Crippen molar-refractivity contribution in [2.45, 2.75) is 32.1 Å². The highest BCUT2D eigenvalue weighted by Gasteiger charge is 2.29. The zero-order valence-corrected chi connectivity index (χ0v) is 26.8. The lowest BCUT2D eigenvalue weighted by molar-refractivity contribution is 0.101. The van der Waals surface area contributed by atoms with Gasteiger partial charge in [0.2, 0.25) is 5.78 Å². The summed E-state index contributed by atoms with van der Waals surface area (Å²) in [4.78, 5) is 20.6. The van der Waals surface area contributed by atoms with Gasteiger partial charge in [-0.05, 0) is 94.9 Å². The van der Waals surface area contributed by atoms with Crippen LogP contribution < -0.4 is 14.2 Å². The molecule has 7 heteroatoms. The molecule has 0 aliphatic heterocycles. The van der Waals surface area contributed by atoms with E-state index >= 15 is 0 Å². The van der Waals surface area contributed by atoms with E-state index in [9.17, 15) is 4.79 Å². The summed E-state index contributed by atoms with van der Waals surface area (Å²) in [5.74, 6) is 2.21. The summed E-state index contributed by atoms with van der Waals surface area (Å²) in [6.45, 7) is 6.50.